The number of hydrogen-bond donors (Lipinski definition) is 1. The van der Waals surface area contributed by atoms with Crippen LogP contribution in [0.15, 0.2) is 41.2 Å². The molecular weight excluding hydrogens is 184 g/mol. The third-order valence-corrected chi connectivity index (χ3v) is 1.58. The molecule has 0 aliphatic carbocycles. The van der Waals surface area contributed by atoms with Crippen LogP contribution in [-0.2, 0) is 0 Å². The summed E-state index contributed by atoms with van der Waals surface area (Å²) in [5.74, 6) is 0.815. The first-order valence-corrected chi connectivity index (χ1v) is 5.56. The largest absolute Gasteiger partial charge is 0.364 e. The van der Waals surface area contributed by atoms with E-state index in [4.69, 9.17) is 0 Å². The highest BCUT2D eigenvalue weighted by Crippen LogP contribution is 2.12. The molecule has 0 spiro atoms. The summed E-state index contributed by atoms with van der Waals surface area (Å²) in [7, 11) is 0. The topological polar surface area (TPSA) is 24.4 Å². The van der Waals surface area contributed by atoms with E-state index in [0.29, 0.717) is 6.04 Å². The Morgan fingerprint density at radius 3 is 2.27 bits per heavy atom. The molecule has 2 heteroatoms. The summed E-state index contributed by atoms with van der Waals surface area (Å²) < 4.78 is 0. The maximum absolute atomic E-state index is 3.85. The van der Waals surface area contributed by atoms with Gasteiger partial charge in [-0.1, -0.05) is 52.5 Å². The SMILES string of the molecule is C=CC1=C(N=C)NC(C)C=C1.CC.CC. The van der Waals surface area contributed by atoms with Crippen molar-refractivity contribution in [3.63, 3.8) is 0 Å². The van der Waals surface area contributed by atoms with Crippen LogP contribution in [0.5, 0.6) is 0 Å². The quantitative estimate of drug-likeness (QED) is 0.688. The molecule has 0 aromatic carbocycles. The lowest BCUT2D eigenvalue weighted by Gasteiger charge is -2.17. The van der Waals surface area contributed by atoms with Crippen LogP contribution in [0.3, 0.4) is 0 Å². The van der Waals surface area contributed by atoms with Crippen molar-refractivity contribution in [1.82, 2.24) is 5.32 Å². The molecule has 0 radical (unpaired) electrons. The molecule has 2 nitrogen and oxygen atoms in total. The minimum absolute atomic E-state index is 0.333. The number of hydrogen-bond acceptors (Lipinski definition) is 2. The van der Waals surface area contributed by atoms with Crippen molar-refractivity contribution in [2.24, 2.45) is 4.99 Å². The van der Waals surface area contributed by atoms with Crippen molar-refractivity contribution in [2.75, 3.05) is 0 Å². The summed E-state index contributed by atoms with van der Waals surface area (Å²) in [6.45, 7) is 17.2. The Balaban J connectivity index is 0. The molecular formula is C13H24N2. The first kappa shape index (κ1) is 16.1. The molecule has 0 aromatic rings. The average molecular weight is 208 g/mol. The Bertz CT molecular complexity index is 237. The van der Waals surface area contributed by atoms with E-state index >= 15 is 0 Å². The van der Waals surface area contributed by atoms with Gasteiger partial charge >= 0.3 is 0 Å². The molecule has 0 fully saturated rings. The van der Waals surface area contributed by atoms with Gasteiger partial charge in [-0.2, -0.15) is 0 Å². The van der Waals surface area contributed by atoms with Crippen LogP contribution in [-0.4, -0.2) is 12.8 Å². The minimum atomic E-state index is 0.333. The van der Waals surface area contributed by atoms with Crippen molar-refractivity contribution in [3.8, 4) is 0 Å². The molecule has 1 aliphatic heterocycles. The Morgan fingerprint density at radius 2 is 1.87 bits per heavy atom. The first-order valence-electron chi connectivity index (χ1n) is 5.56. The van der Waals surface area contributed by atoms with E-state index < -0.39 is 0 Å². The van der Waals surface area contributed by atoms with Gasteiger partial charge in [0.15, 0.2) is 0 Å². The van der Waals surface area contributed by atoms with E-state index in [1.807, 2.05) is 33.8 Å². The standard InChI is InChI=1S/C9H12N2.2C2H6/c1-4-8-6-5-7(2)11-9(8)10-3;2*1-2/h4-7,11H,1,3H2,2H3;2*1-2H3. The lowest BCUT2D eigenvalue weighted by Crippen LogP contribution is -2.25. The van der Waals surface area contributed by atoms with Crippen molar-refractivity contribution in [2.45, 2.75) is 40.7 Å². The summed E-state index contributed by atoms with van der Waals surface area (Å²) in [6, 6.07) is 0.333. The normalized spacial score (nSPS) is 17.5. The predicted molar refractivity (Wildman–Crippen MR) is 71.2 cm³/mol. The van der Waals surface area contributed by atoms with Crippen LogP contribution in [0.25, 0.3) is 0 Å². The van der Waals surface area contributed by atoms with E-state index in [2.05, 4.69) is 36.6 Å². The van der Waals surface area contributed by atoms with E-state index in [0.717, 1.165) is 11.4 Å². The maximum atomic E-state index is 3.85. The zero-order chi connectivity index (χ0) is 12.3. The number of aliphatic imine (C=N–C) groups is 1. The highest BCUT2D eigenvalue weighted by Gasteiger charge is 2.06. The number of rotatable bonds is 2. The van der Waals surface area contributed by atoms with E-state index in [1.54, 1.807) is 6.08 Å². The molecule has 0 saturated heterocycles. The highest BCUT2D eigenvalue weighted by molar-refractivity contribution is 5.41. The predicted octanol–water partition coefficient (Wildman–Crippen LogP) is 3.68. The fourth-order valence-electron chi connectivity index (χ4n) is 0.976. The summed E-state index contributed by atoms with van der Waals surface area (Å²) in [5, 5.41) is 3.16. The second-order valence-corrected chi connectivity index (χ2v) is 2.46. The molecule has 15 heavy (non-hydrogen) atoms. The second-order valence-electron chi connectivity index (χ2n) is 2.46. The molecule has 1 atom stereocenters. The fraction of sp³-hybridized carbons (Fsp3) is 0.462. The van der Waals surface area contributed by atoms with Gasteiger partial charge in [-0.25, -0.2) is 4.99 Å². The van der Waals surface area contributed by atoms with Crippen molar-refractivity contribution >= 4 is 6.72 Å². The van der Waals surface area contributed by atoms with Gasteiger partial charge in [0.25, 0.3) is 0 Å². The molecule has 0 aromatic heterocycles. The third kappa shape index (κ3) is 5.89. The van der Waals surface area contributed by atoms with Crippen LogP contribution < -0.4 is 5.32 Å². The van der Waals surface area contributed by atoms with Gasteiger partial charge in [-0.05, 0) is 13.6 Å². The van der Waals surface area contributed by atoms with Gasteiger partial charge in [0.1, 0.15) is 5.82 Å². The molecule has 0 saturated carbocycles. The van der Waals surface area contributed by atoms with Crippen LogP contribution in [0.4, 0.5) is 0 Å². The van der Waals surface area contributed by atoms with E-state index in [-0.39, 0.29) is 0 Å². The van der Waals surface area contributed by atoms with Crippen LogP contribution in [0.1, 0.15) is 34.6 Å². The Labute approximate surface area is 94.5 Å². The molecule has 1 N–H and O–H groups in total. The molecule has 0 amide bonds. The average Bonchev–Trinajstić information content (AvgIpc) is 2.34. The molecule has 1 rings (SSSR count). The number of dihydropyridines is 1. The number of nitrogens with zero attached hydrogens (tertiary/aromatic N) is 1. The van der Waals surface area contributed by atoms with Crippen LogP contribution >= 0.6 is 0 Å². The molecule has 86 valence electrons. The van der Waals surface area contributed by atoms with Gasteiger partial charge in [-0.15, -0.1) is 0 Å². The Morgan fingerprint density at radius 1 is 1.33 bits per heavy atom. The zero-order valence-electron chi connectivity index (χ0n) is 10.7. The third-order valence-electron chi connectivity index (χ3n) is 1.58. The highest BCUT2D eigenvalue weighted by atomic mass is 15.0. The lowest BCUT2D eigenvalue weighted by atomic mass is 10.1. The lowest BCUT2D eigenvalue weighted by molar-refractivity contribution is 0.706. The van der Waals surface area contributed by atoms with Gasteiger partial charge in [0.2, 0.25) is 0 Å². The summed E-state index contributed by atoms with van der Waals surface area (Å²) in [5.41, 5.74) is 0.998. The van der Waals surface area contributed by atoms with E-state index in [9.17, 15) is 0 Å². The summed E-state index contributed by atoms with van der Waals surface area (Å²) >= 11 is 0. The molecule has 1 heterocycles. The summed E-state index contributed by atoms with van der Waals surface area (Å²) in [4.78, 5) is 3.85. The second kappa shape index (κ2) is 10.8. The van der Waals surface area contributed by atoms with Gasteiger partial charge in [0.05, 0.1) is 0 Å². The van der Waals surface area contributed by atoms with Crippen molar-refractivity contribution < 1.29 is 0 Å². The van der Waals surface area contributed by atoms with Crippen LogP contribution in [0.2, 0.25) is 0 Å². The number of allylic oxidation sites excluding steroid dienone is 3. The Hall–Kier alpha value is -1.31. The van der Waals surface area contributed by atoms with Crippen molar-refractivity contribution in [3.05, 3.63) is 36.2 Å². The smallest absolute Gasteiger partial charge is 0.132 e. The molecule has 1 unspecified atom stereocenters. The van der Waals surface area contributed by atoms with Crippen molar-refractivity contribution in [1.29, 1.82) is 0 Å². The minimum Gasteiger partial charge on any atom is -0.364 e. The molecule has 0 bridgehead atoms. The first-order chi connectivity index (χ1) is 7.27. The Kier molecular flexibility index (Phi) is 11.6. The van der Waals surface area contributed by atoms with E-state index in [1.165, 1.54) is 0 Å². The van der Waals surface area contributed by atoms with Gasteiger partial charge in [0, 0.05) is 11.6 Å². The van der Waals surface area contributed by atoms with Gasteiger partial charge < -0.3 is 5.32 Å². The van der Waals surface area contributed by atoms with Crippen LogP contribution in [0, 0.1) is 0 Å². The number of nitrogens with one attached hydrogen (secondary N) is 1. The zero-order valence-corrected chi connectivity index (χ0v) is 10.7. The van der Waals surface area contributed by atoms with Gasteiger partial charge in [-0.3, -0.25) is 0 Å². The summed E-state index contributed by atoms with van der Waals surface area (Å²) in [6.07, 6.45) is 5.82. The molecule has 1 aliphatic rings. The fourth-order valence-corrected chi connectivity index (χ4v) is 0.976. The maximum Gasteiger partial charge on any atom is 0.132 e. The monoisotopic (exact) mass is 208 g/mol.